The maximum absolute atomic E-state index is 6.42. The van der Waals surface area contributed by atoms with Gasteiger partial charge in [-0.2, -0.15) is 0 Å². The fourth-order valence-electron chi connectivity index (χ4n) is 3.95. The van der Waals surface area contributed by atoms with Gasteiger partial charge in [-0.15, -0.1) is 0 Å². The summed E-state index contributed by atoms with van der Waals surface area (Å²) in [5.74, 6) is 0. The highest BCUT2D eigenvalue weighted by Crippen LogP contribution is 2.35. The molecule has 2 aliphatic rings. The number of hydrogen-bond acceptors (Lipinski definition) is 2. The van der Waals surface area contributed by atoms with Crippen LogP contribution in [0.4, 0.5) is 0 Å². The number of nitrogens with zero attached hydrogens (tertiary/aromatic N) is 1. The predicted molar refractivity (Wildman–Crippen MR) is 90.2 cm³/mol. The number of hydrogen-bond donors (Lipinski definition) is 1. The third-order valence-electron chi connectivity index (χ3n) is 5.07. The third-order valence-corrected chi connectivity index (χ3v) is 5.63. The summed E-state index contributed by atoms with van der Waals surface area (Å²) in [7, 11) is 0. The van der Waals surface area contributed by atoms with Crippen LogP contribution in [0.3, 0.4) is 0 Å². The van der Waals surface area contributed by atoms with Crippen molar-refractivity contribution in [3.63, 3.8) is 0 Å². The molecule has 0 saturated carbocycles. The monoisotopic (exact) mass is 326 g/mol. The van der Waals surface area contributed by atoms with Crippen molar-refractivity contribution in [1.29, 1.82) is 0 Å². The fourth-order valence-corrected chi connectivity index (χ4v) is 4.52. The van der Waals surface area contributed by atoms with Crippen molar-refractivity contribution in [2.75, 3.05) is 13.1 Å². The lowest BCUT2D eigenvalue weighted by atomic mass is 9.91. The zero-order valence-corrected chi connectivity index (χ0v) is 14.1. The van der Waals surface area contributed by atoms with E-state index in [1.807, 2.05) is 12.1 Å². The molecule has 0 amide bonds. The van der Waals surface area contributed by atoms with Crippen LogP contribution in [0.15, 0.2) is 18.2 Å². The lowest BCUT2D eigenvalue weighted by molar-refractivity contribution is 0.0803. The van der Waals surface area contributed by atoms with E-state index in [-0.39, 0.29) is 0 Å². The van der Waals surface area contributed by atoms with E-state index >= 15 is 0 Å². The van der Waals surface area contributed by atoms with Gasteiger partial charge in [-0.05, 0) is 63.4 Å². The maximum Gasteiger partial charge on any atom is 0.0468 e. The summed E-state index contributed by atoms with van der Waals surface area (Å²) in [6.45, 7) is 4.62. The van der Waals surface area contributed by atoms with E-state index in [0.717, 1.165) is 5.02 Å². The van der Waals surface area contributed by atoms with Gasteiger partial charge in [0.1, 0.15) is 0 Å². The van der Waals surface area contributed by atoms with E-state index in [9.17, 15) is 0 Å². The van der Waals surface area contributed by atoms with E-state index in [2.05, 4.69) is 23.2 Å². The van der Waals surface area contributed by atoms with E-state index in [0.29, 0.717) is 23.1 Å². The highest BCUT2D eigenvalue weighted by Gasteiger charge is 2.34. The zero-order chi connectivity index (χ0) is 14.8. The highest BCUT2D eigenvalue weighted by atomic mass is 35.5. The summed E-state index contributed by atoms with van der Waals surface area (Å²) in [4.78, 5) is 2.65. The number of halogens is 2. The fraction of sp³-hybridized carbons (Fsp3) is 0.647. The first-order chi connectivity index (χ1) is 10.2. The van der Waals surface area contributed by atoms with Crippen LogP contribution >= 0.6 is 23.2 Å². The zero-order valence-electron chi connectivity index (χ0n) is 12.6. The maximum atomic E-state index is 6.42. The van der Waals surface area contributed by atoms with Crippen LogP contribution in [-0.4, -0.2) is 30.1 Å². The molecule has 0 bridgehead atoms. The van der Waals surface area contributed by atoms with E-state index in [4.69, 9.17) is 23.2 Å². The average molecular weight is 327 g/mol. The summed E-state index contributed by atoms with van der Waals surface area (Å²) >= 11 is 12.5. The molecule has 4 heteroatoms. The molecule has 2 aliphatic heterocycles. The van der Waals surface area contributed by atoms with Crippen LogP contribution in [0.25, 0.3) is 0 Å². The minimum atomic E-state index is 0.350. The van der Waals surface area contributed by atoms with E-state index in [1.54, 1.807) is 0 Å². The molecule has 3 atom stereocenters. The van der Waals surface area contributed by atoms with Crippen molar-refractivity contribution in [2.24, 2.45) is 0 Å². The minimum absolute atomic E-state index is 0.350. The molecule has 1 N–H and O–H groups in total. The molecule has 0 aromatic heterocycles. The molecule has 1 aromatic carbocycles. The van der Waals surface area contributed by atoms with E-state index < -0.39 is 0 Å². The normalized spacial score (nSPS) is 28.7. The van der Waals surface area contributed by atoms with Gasteiger partial charge in [0, 0.05) is 28.2 Å². The summed E-state index contributed by atoms with van der Waals surface area (Å²) in [5.41, 5.74) is 1.20. The molecule has 0 radical (unpaired) electrons. The molecule has 2 saturated heterocycles. The van der Waals surface area contributed by atoms with Gasteiger partial charge in [0.05, 0.1) is 0 Å². The van der Waals surface area contributed by atoms with Crippen LogP contribution in [0, 0.1) is 0 Å². The number of likely N-dealkylation sites (tertiary alicyclic amines) is 1. The standard InChI is InChI=1S/C17H24Cl2N2/c1-12(14-8-7-13(18)11-15(14)19)21-10-3-2-6-17(21)16-5-4-9-20-16/h7-8,11-12,16-17,20H,2-6,9-10H2,1H3. The van der Waals surface area contributed by atoms with Crippen LogP contribution in [0.5, 0.6) is 0 Å². The molecule has 3 unspecified atom stereocenters. The molecule has 2 nitrogen and oxygen atoms in total. The largest absolute Gasteiger partial charge is 0.312 e. The van der Waals surface area contributed by atoms with Crippen molar-refractivity contribution in [3.05, 3.63) is 33.8 Å². The lowest BCUT2D eigenvalue weighted by Crippen LogP contribution is -2.50. The second-order valence-electron chi connectivity index (χ2n) is 6.35. The van der Waals surface area contributed by atoms with Gasteiger partial charge >= 0.3 is 0 Å². The number of rotatable bonds is 3. The first-order valence-electron chi connectivity index (χ1n) is 8.11. The molecular weight excluding hydrogens is 303 g/mol. The molecule has 2 heterocycles. The van der Waals surface area contributed by atoms with E-state index in [1.165, 1.54) is 50.8 Å². The Labute approximate surface area is 137 Å². The van der Waals surface area contributed by atoms with Gasteiger partial charge in [0.2, 0.25) is 0 Å². The Hall–Kier alpha value is -0.280. The Morgan fingerprint density at radius 2 is 2.05 bits per heavy atom. The summed E-state index contributed by atoms with van der Waals surface area (Å²) < 4.78 is 0. The van der Waals surface area contributed by atoms with Crippen LogP contribution in [0.1, 0.15) is 50.6 Å². The quantitative estimate of drug-likeness (QED) is 0.868. The Balaban J connectivity index is 1.81. The molecule has 0 aliphatic carbocycles. The van der Waals surface area contributed by atoms with Gasteiger partial charge in [-0.25, -0.2) is 0 Å². The van der Waals surface area contributed by atoms with Crippen molar-refractivity contribution in [2.45, 2.75) is 57.2 Å². The van der Waals surface area contributed by atoms with Crippen molar-refractivity contribution in [1.82, 2.24) is 10.2 Å². The summed E-state index contributed by atoms with van der Waals surface area (Å²) in [5, 5.41) is 5.19. The lowest BCUT2D eigenvalue weighted by Gasteiger charge is -2.43. The van der Waals surface area contributed by atoms with Crippen LogP contribution < -0.4 is 5.32 Å². The Kier molecular flexibility index (Phi) is 5.11. The van der Waals surface area contributed by atoms with Gasteiger partial charge in [-0.3, -0.25) is 4.90 Å². The second kappa shape index (κ2) is 6.87. The highest BCUT2D eigenvalue weighted by molar-refractivity contribution is 6.35. The van der Waals surface area contributed by atoms with Crippen LogP contribution in [-0.2, 0) is 0 Å². The molecule has 116 valence electrons. The molecule has 0 spiro atoms. The Morgan fingerprint density at radius 3 is 2.76 bits per heavy atom. The van der Waals surface area contributed by atoms with Crippen LogP contribution in [0.2, 0.25) is 10.0 Å². The average Bonchev–Trinajstić information content (AvgIpc) is 3.01. The van der Waals surface area contributed by atoms with Gasteiger partial charge in [-0.1, -0.05) is 35.7 Å². The van der Waals surface area contributed by atoms with Crippen molar-refractivity contribution < 1.29 is 0 Å². The number of nitrogens with one attached hydrogen (secondary N) is 1. The van der Waals surface area contributed by atoms with Crippen molar-refractivity contribution in [3.8, 4) is 0 Å². The molecular formula is C17H24Cl2N2. The number of piperidine rings is 1. The topological polar surface area (TPSA) is 15.3 Å². The number of benzene rings is 1. The third kappa shape index (κ3) is 3.39. The van der Waals surface area contributed by atoms with Crippen molar-refractivity contribution >= 4 is 23.2 Å². The van der Waals surface area contributed by atoms with Gasteiger partial charge in [0.25, 0.3) is 0 Å². The molecule has 2 fully saturated rings. The first kappa shape index (κ1) is 15.6. The molecule has 21 heavy (non-hydrogen) atoms. The molecule has 3 rings (SSSR count). The Bertz CT molecular complexity index is 486. The SMILES string of the molecule is CC(c1ccc(Cl)cc1Cl)N1CCCCC1C1CCCN1. The first-order valence-corrected chi connectivity index (χ1v) is 8.86. The summed E-state index contributed by atoms with van der Waals surface area (Å²) in [6, 6.07) is 7.54. The second-order valence-corrected chi connectivity index (χ2v) is 7.19. The summed E-state index contributed by atoms with van der Waals surface area (Å²) in [6.07, 6.45) is 6.56. The predicted octanol–water partition coefficient (Wildman–Crippen LogP) is 4.66. The Morgan fingerprint density at radius 1 is 1.19 bits per heavy atom. The smallest absolute Gasteiger partial charge is 0.0468 e. The minimum Gasteiger partial charge on any atom is -0.312 e. The van der Waals surface area contributed by atoms with Gasteiger partial charge in [0.15, 0.2) is 0 Å². The molecule has 1 aromatic rings. The van der Waals surface area contributed by atoms with Gasteiger partial charge < -0.3 is 5.32 Å².